The van der Waals surface area contributed by atoms with Crippen LogP contribution >= 0.6 is 11.3 Å². The van der Waals surface area contributed by atoms with Crippen LogP contribution in [0.4, 0.5) is 0 Å². The first-order valence-corrected chi connectivity index (χ1v) is 7.94. The maximum absolute atomic E-state index is 12.0. The second kappa shape index (κ2) is 4.64. The smallest absolute Gasteiger partial charge is 0.346 e. The largest absolute Gasteiger partial charge is 0.477 e. The fraction of sp³-hybridized carbons (Fsp3) is 0.545. The number of hydrogen-bond acceptors (Lipinski definition) is 4. The molecule has 0 radical (unpaired) electrons. The zero-order chi connectivity index (χ0) is 13.5. The molecule has 18 heavy (non-hydrogen) atoms. The van der Waals surface area contributed by atoms with Crippen molar-refractivity contribution in [3.63, 3.8) is 0 Å². The van der Waals surface area contributed by atoms with Crippen LogP contribution in [0, 0.1) is 18.8 Å². The second-order valence-corrected chi connectivity index (χ2v) is 7.75. The SMILES string of the molecule is Cc1cc(S(=O)(=O)NCC2CC2C)sc1C(=O)O. The number of aryl methyl sites for hydroxylation is 1. The third-order valence-electron chi connectivity index (χ3n) is 3.17. The number of carboxylic acids is 1. The van der Waals surface area contributed by atoms with Crippen molar-refractivity contribution >= 4 is 27.3 Å². The van der Waals surface area contributed by atoms with E-state index in [2.05, 4.69) is 11.6 Å². The Morgan fingerprint density at radius 1 is 1.61 bits per heavy atom. The van der Waals surface area contributed by atoms with E-state index in [1.807, 2.05) is 0 Å². The number of hydrogen-bond donors (Lipinski definition) is 2. The molecule has 1 aliphatic carbocycles. The summed E-state index contributed by atoms with van der Waals surface area (Å²) in [6, 6.07) is 1.41. The summed E-state index contributed by atoms with van der Waals surface area (Å²) in [6.45, 7) is 4.11. The summed E-state index contributed by atoms with van der Waals surface area (Å²) in [5.74, 6) is -0.0955. The molecule has 1 aromatic heterocycles. The molecule has 2 rings (SSSR count). The van der Waals surface area contributed by atoms with E-state index in [0.717, 1.165) is 17.8 Å². The Balaban J connectivity index is 2.14. The first-order chi connectivity index (χ1) is 8.31. The predicted octanol–water partition coefficient (Wildman–Crippen LogP) is 1.69. The zero-order valence-corrected chi connectivity index (χ0v) is 11.8. The minimum Gasteiger partial charge on any atom is -0.477 e. The van der Waals surface area contributed by atoms with Crippen molar-refractivity contribution < 1.29 is 18.3 Å². The van der Waals surface area contributed by atoms with Gasteiger partial charge in [-0.2, -0.15) is 0 Å². The lowest BCUT2D eigenvalue weighted by atomic mass is 10.3. The summed E-state index contributed by atoms with van der Waals surface area (Å²) in [6.07, 6.45) is 1.05. The number of carbonyl (C=O) groups is 1. The molecule has 1 fully saturated rings. The average Bonchev–Trinajstić information content (AvgIpc) is 2.80. The Hall–Kier alpha value is -0.920. The standard InChI is InChI=1S/C11H15NO4S2/c1-6-3-8(6)5-12-18(15,16)9-4-7(2)10(17-9)11(13)14/h4,6,8,12H,3,5H2,1-2H3,(H,13,14). The first kappa shape index (κ1) is 13.5. The molecular formula is C11H15NO4S2. The first-order valence-electron chi connectivity index (χ1n) is 5.64. The van der Waals surface area contributed by atoms with E-state index in [4.69, 9.17) is 5.11 Å². The van der Waals surface area contributed by atoms with Gasteiger partial charge in [-0.05, 0) is 36.8 Å². The summed E-state index contributed by atoms with van der Waals surface area (Å²) < 4.78 is 26.5. The van der Waals surface area contributed by atoms with Crippen LogP contribution in [0.5, 0.6) is 0 Å². The van der Waals surface area contributed by atoms with Gasteiger partial charge in [0.05, 0.1) is 0 Å². The Labute approximate surface area is 110 Å². The maximum Gasteiger partial charge on any atom is 0.346 e. The van der Waals surface area contributed by atoms with Gasteiger partial charge in [0.1, 0.15) is 9.09 Å². The third kappa shape index (κ3) is 2.73. The van der Waals surface area contributed by atoms with Crippen LogP contribution < -0.4 is 4.72 Å². The monoisotopic (exact) mass is 289 g/mol. The van der Waals surface area contributed by atoms with E-state index < -0.39 is 16.0 Å². The van der Waals surface area contributed by atoms with Gasteiger partial charge < -0.3 is 5.11 Å². The van der Waals surface area contributed by atoms with Crippen molar-refractivity contribution in [1.82, 2.24) is 4.72 Å². The Kier molecular flexibility index (Phi) is 3.48. The van der Waals surface area contributed by atoms with Crippen LogP contribution in [0.25, 0.3) is 0 Å². The van der Waals surface area contributed by atoms with Crippen molar-refractivity contribution in [2.24, 2.45) is 11.8 Å². The molecule has 2 unspecified atom stereocenters. The van der Waals surface area contributed by atoms with Gasteiger partial charge >= 0.3 is 5.97 Å². The molecule has 1 heterocycles. The molecular weight excluding hydrogens is 274 g/mol. The van der Waals surface area contributed by atoms with E-state index in [1.54, 1.807) is 6.92 Å². The summed E-state index contributed by atoms with van der Waals surface area (Å²) in [5.41, 5.74) is 0.479. The maximum atomic E-state index is 12.0. The topological polar surface area (TPSA) is 83.5 Å². The predicted molar refractivity (Wildman–Crippen MR) is 68.5 cm³/mol. The van der Waals surface area contributed by atoms with Crippen LogP contribution in [0.1, 0.15) is 28.6 Å². The van der Waals surface area contributed by atoms with Gasteiger partial charge in [-0.15, -0.1) is 11.3 Å². The number of sulfonamides is 1. The van der Waals surface area contributed by atoms with E-state index in [-0.39, 0.29) is 9.09 Å². The number of carboxylic acid groups (broad SMARTS) is 1. The molecule has 0 aromatic carbocycles. The Morgan fingerprint density at radius 3 is 2.67 bits per heavy atom. The van der Waals surface area contributed by atoms with Crippen LogP contribution in [0.15, 0.2) is 10.3 Å². The fourth-order valence-electron chi connectivity index (χ4n) is 1.77. The Bertz CT molecular complexity index is 576. The molecule has 2 N–H and O–H groups in total. The van der Waals surface area contributed by atoms with Crippen LogP contribution in [0.2, 0.25) is 0 Å². The minimum absolute atomic E-state index is 0.0747. The van der Waals surface area contributed by atoms with E-state index in [9.17, 15) is 13.2 Å². The average molecular weight is 289 g/mol. The lowest BCUT2D eigenvalue weighted by Crippen LogP contribution is -2.25. The molecule has 0 amide bonds. The van der Waals surface area contributed by atoms with Gasteiger partial charge in [0, 0.05) is 6.54 Å². The quantitative estimate of drug-likeness (QED) is 0.864. The molecule has 100 valence electrons. The van der Waals surface area contributed by atoms with Gasteiger partial charge in [-0.25, -0.2) is 17.9 Å². The Morgan fingerprint density at radius 2 is 2.22 bits per heavy atom. The number of aromatic carboxylic acids is 1. The van der Waals surface area contributed by atoms with E-state index in [0.29, 0.717) is 23.9 Å². The summed E-state index contributed by atoms with van der Waals surface area (Å²) in [5, 5.41) is 8.90. The van der Waals surface area contributed by atoms with Gasteiger partial charge in [-0.3, -0.25) is 0 Å². The normalized spacial score (nSPS) is 23.0. The lowest BCUT2D eigenvalue weighted by molar-refractivity contribution is 0.0701. The zero-order valence-electron chi connectivity index (χ0n) is 10.1. The van der Waals surface area contributed by atoms with Crippen molar-refractivity contribution in [3.05, 3.63) is 16.5 Å². The highest BCUT2D eigenvalue weighted by Crippen LogP contribution is 2.37. The number of rotatable bonds is 5. The molecule has 7 heteroatoms. The molecule has 0 saturated heterocycles. The molecule has 0 aliphatic heterocycles. The number of nitrogens with one attached hydrogen (secondary N) is 1. The van der Waals surface area contributed by atoms with E-state index in [1.165, 1.54) is 6.07 Å². The summed E-state index contributed by atoms with van der Waals surface area (Å²) in [7, 11) is -3.57. The third-order valence-corrected chi connectivity index (χ3v) is 6.29. The molecule has 1 aromatic rings. The van der Waals surface area contributed by atoms with Crippen molar-refractivity contribution in [2.45, 2.75) is 24.5 Å². The van der Waals surface area contributed by atoms with E-state index >= 15 is 0 Å². The molecule has 1 aliphatic rings. The second-order valence-electron chi connectivity index (χ2n) is 4.71. The van der Waals surface area contributed by atoms with Crippen LogP contribution in [-0.4, -0.2) is 26.0 Å². The number of thiophene rings is 1. The van der Waals surface area contributed by atoms with Gasteiger partial charge in [0.25, 0.3) is 0 Å². The van der Waals surface area contributed by atoms with Gasteiger partial charge in [0.2, 0.25) is 10.0 Å². The van der Waals surface area contributed by atoms with Crippen molar-refractivity contribution in [1.29, 1.82) is 0 Å². The van der Waals surface area contributed by atoms with Crippen LogP contribution in [0.3, 0.4) is 0 Å². The van der Waals surface area contributed by atoms with Gasteiger partial charge in [-0.1, -0.05) is 6.92 Å². The molecule has 0 spiro atoms. The van der Waals surface area contributed by atoms with Crippen LogP contribution in [-0.2, 0) is 10.0 Å². The minimum atomic E-state index is -3.57. The summed E-state index contributed by atoms with van der Waals surface area (Å²) in [4.78, 5) is 11.0. The molecule has 5 nitrogen and oxygen atoms in total. The molecule has 2 atom stereocenters. The van der Waals surface area contributed by atoms with Gasteiger partial charge in [0.15, 0.2) is 0 Å². The summed E-state index contributed by atoms with van der Waals surface area (Å²) >= 11 is 0.797. The molecule has 0 bridgehead atoms. The van der Waals surface area contributed by atoms with Crippen molar-refractivity contribution in [2.75, 3.05) is 6.54 Å². The van der Waals surface area contributed by atoms with Crippen molar-refractivity contribution in [3.8, 4) is 0 Å². The highest BCUT2D eigenvalue weighted by molar-refractivity contribution is 7.91. The highest BCUT2D eigenvalue weighted by atomic mass is 32.2. The molecule has 1 saturated carbocycles. The fourth-order valence-corrected chi connectivity index (χ4v) is 4.29. The highest BCUT2D eigenvalue weighted by Gasteiger charge is 2.33. The lowest BCUT2D eigenvalue weighted by Gasteiger charge is -2.03.